The number of rotatable bonds is 3. The van der Waals surface area contributed by atoms with Crippen molar-refractivity contribution in [3.05, 3.63) is 39.4 Å². The molecule has 0 bridgehead atoms. The Morgan fingerprint density at radius 2 is 2.15 bits per heavy atom. The van der Waals surface area contributed by atoms with Crippen molar-refractivity contribution in [2.24, 2.45) is 0 Å². The van der Waals surface area contributed by atoms with Crippen molar-refractivity contribution >= 4 is 11.6 Å². The summed E-state index contributed by atoms with van der Waals surface area (Å²) in [7, 11) is 0. The number of nitro benzene ring substituents is 1. The molecule has 8 heteroatoms. The van der Waals surface area contributed by atoms with Crippen molar-refractivity contribution in [1.82, 2.24) is 5.32 Å². The molecule has 20 heavy (non-hydrogen) atoms. The largest absolute Gasteiger partial charge is 0.379 e. The first-order valence-corrected chi connectivity index (χ1v) is 6.01. The van der Waals surface area contributed by atoms with Gasteiger partial charge in [0.1, 0.15) is 5.82 Å². The van der Waals surface area contributed by atoms with Gasteiger partial charge in [0.25, 0.3) is 5.91 Å². The molecule has 1 aromatic carbocycles. The third-order valence-electron chi connectivity index (χ3n) is 2.97. The Balaban J connectivity index is 2.17. The van der Waals surface area contributed by atoms with Gasteiger partial charge in [-0.15, -0.1) is 0 Å². The molecule has 1 aromatic rings. The molecule has 0 saturated carbocycles. The van der Waals surface area contributed by atoms with Crippen LogP contribution in [0.4, 0.5) is 14.5 Å². The fourth-order valence-corrected chi connectivity index (χ4v) is 1.97. The van der Waals surface area contributed by atoms with E-state index in [-0.39, 0.29) is 6.04 Å². The molecule has 1 amide bonds. The first-order valence-electron chi connectivity index (χ1n) is 6.01. The van der Waals surface area contributed by atoms with E-state index in [1.54, 1.807) is 0 Å². The molecule has 0 aromatic heterocycles. The van der Waals surface area contributed by atoms with E-state index in [9.17, 15) is 23.7 Å². The van der Waals surface area contributed by atoms with Crippen molar-refractivity contribution in [2.75, 3.05) is 13.2 Å². The van der Waals surface area contributed by atoms with E-state index in [1.165, 1.54) is 0 Å². The van der Waals surface area contributed by atoms with E-state index in [4.69, 9.17) is 4.74 Å². The third kappa shape index (κ3) is 3.08. The molecule has 6 nitrogen and oxygen atoms in total. The van der Waals surface area contributed by atoms with Crippen LogP contribution in [0.25, 0.3) is 0 Å². The Morgan fingerprint density at radius 3 is 2.75 bits per heavy atom. The standard InChI is InChI=1S/C12H12F2N2O4/c13-9-5-11(16(18)19)10(14)4-8(9)12(17)15-7-2-1-3-20-6-7/h4-5,7H,1-3,6H2,(H,15,17). The second-order valence-electron chi connectivity index (χ2n) is 4.43. The molecule has 1 fully saturated rings. The number of amides is 1. The molecule has 0 aliphatic carbocycles. The molecule has 1 atom stereocenters. The van der Waals surface area contributed by atoms with E-state index in [1.807, 2.05) is 0 Å². The Bertz CT molecular complexity index is 545. The van der Waals surface area contributed by atoms with Gasteiger partial charge in [-0.05, 0) is 18.9 Å². The number of hydrogen-bond donors (Lipinski definition) is 1. The summed E-state index contributed by atoms with van der Waals surface area (Å²) in [6.45, 7) is 0.912. The van der Waals surface area contributed by atoms with Crippen molar-refractivity contribution in [3.63, 3.8) is 0 Å². The Kier molecular flexibility index (Phi) is 4.23. The lowest BCUT2D eigenvalue weighted by Gasteiger charge is -2.23. The summed E-state index contributed by atoms with van der Waals surface area (Å²) in [5, 5.41) is 13.0. The van der Waals surface area contributed by atoms with Crippen LogP contribution in [-0.2, 0) is 4.74 Å². The molecule has 1 N–H and O–H groups in total. The second-order valence-corrected chi connectivity index (χ2v) is 4.43. The number of nitrogens with one attached hydrogen (secondary N) is 1. The molecule has 1 aliphatic heterocycles. The predicted molar refractivity (Wildman–Crippen MR) is 64.3 cm³/mol. The van der Waals surface area contributed by atoms with Gasteiger partial charge in [-0.1, -0.05) is 0 Å². The van der Waals surface area contributed by atoms with Gasteiger partial charge >= 0.3 is 5.69 Å². The summed E-state index contributed by atoms with van der Waals surface area (Å²) >= 11 is 0. The van der Waals surface area contributed by atoms with Crippen LogP contribution in [0.2, 0.25) is 0 Å². The highest BCUT2D eigenvalue weighted by Gasteiger charge is 2.24. The van der Waals surface area contributed by atoms with E-state index in [0.717, 1.165) is 6.42 Å². The van der Waals surface area contributed by atoms with Gasteiger partial charge in [0.2, 0.25) is 5.82 Å². The van der Waals surface area contributed by atoms with Crippen molar-refractivity contribution in [3.8, 4) is 0 Å². The van der Waals surface area contributed by atoms with Crippen LogP contribution in [0, 0.1) is 21.7 Å². The zero-order chi connectivity index (χ0) is 14.7. The van der Waals surface area contributed by atoms with Crippen LogP contribution in [0.3, 0.4) is 0 Å². The molecule has 1 heterocycles. The van der Waals surface area contributed by atoms with E-state index >= 15 is 0 Å². The molecular formula is C12H12F2N2O4. The molecular weight excluding hydrogens is 274 g/mol. The molecule has 1 saturated heterocycles. The SMILES string of the molecule is O=C(NC1CCCOC1)c1cc(F)c([N+](=O)[O-])cc1F. The summed E-state index contributed by atoms with van der Waals surface area (Å²) in [4.78, 5) is 21.2. The minimum atomic E-state index is -1.25. The monoisotopic (exact) mass is 286 g/mol. The summed E-state index contributed by atoms with van der Waals surface area (Å²) < 4.78 is 32.2. The van der Waals surface area contributed by atoms with Crippen LogP contribution >= 0.6 is 0 Å². The lowest BCUT2D eigenvalue weighted by atomic mass is 10.1. The summed E-state index contributed by atoms with van der Waals surface area (Å²) in [6, 6.07) is 0.669. The Labute approximate surface area is 112 Å². The summed E-state index contributed by atoms with van der Waals surface area (Å²) in [5.74, 6) is -3.19. The molecule has 2 rings (SSSR count). The smallest absolute Gasteiger partial charge is 0.307 e. The minimum absolute atomic E-state index is 0.270. The number of carbonyl (C=O) groups excluding carboxylic acids is 1. The molecule has 0 spiro atoms. The second kappa shape index (κ2) is 5.91. The number of carbonyl (C=O) groups is 1. The Morgan fingerprint density at radius 1 is 1.40 bits per heavy atom. The van der Waals surface area contributed by atoms with Gasteiger partial charge in [-0.25, -0.2) is 4.39 Å². The fourth-order valence-electron chi connectivity index (χ4n) is 1.97. The number of benzene rings is 1. The molecule has 108 valence electrons. The van der Waals surface area contributed by atoms with Crippen LogP contribution < -0.4 is 5.32 Å². The number of nitro groups is 1. The van der Waals surface area contributed by atoms with Crippen molar-refractivity contribution in [2.45, 2.75) is 18.9 Å². The summed E-state index contributed by atoms with van der Waals surface area (Å²) in [6.07, 6.45) is 1.45. The summed E-state index contributed by atoms with van der Waals surface area (Å²) in [5.41, 5.74) is -1.56. The maximum absolute atomic E-state index is 13.6. The highest BCUT2D eigenvalue weighted by molar-refractivity contribution is 5.95. The van der Waals surface area contributed by atoms with Gasteiger partial charge in [-0.3, -0.25) is 14.9 Å². The quantitative estimate of drug-likeness (QED) is 0.678. The first kappa shape index (κ1) is 14.3. The lowest BCUT2D eigenvalue weighted by Crippen LogP contribution is -2.40. The average Bonchev–Trinajstić information content (AvgIpc) is 2.41. The molecule has 1 unspecified atom stereocenters. The van der Waals surface area contributed by atoms with Gasteiger partial charge in [-0.2, -0.15) is 4.39 Å². The van der Waals surface area contributed by atoms with Gasteiger partial charge in [0.05, 0.1) is 29.2 Å². The van der Waals surface area contributed by atoms with E-state index in [2.05, 4.69) is 5.32 Å². The highest BCUT2D eigenvalue weighted by atomic mass is 19.1. The topological polar surface area (TPSA) is 81.5 Å². The normalized spacial score (nSPS) is 18.6. The zero-order valence-corrected chi connectivity index (χ0v) is 10.4. The minimum Gasteiger partial charge on any atom is -0.379 e. The molecule has 1 aliphatic rings. The first-order chi connectivity index (χ1) is 9.49. The lowest BCUT2D eigenvalue weighted by molar-refractivity contribution is -0.387. The number of ether oxygens (including phenoxy) is 1. The van der Waals surface area contributed by atoms with Gasteiger partial charge in [0.15, 0.2) is 0 Å². The van der Waals surface area contributed by atoms with Gasteiger partial charge in [0, 0.05) is 6.61 Å². The Hall–Kier alpha value is -2.09. The van der Waals surface area contributed by atoms with Crippen LogP contribution in [0.5, 0.6) is 0 Å². The number of nitrogens with zero attached hydrogens (tertiary/aromatic N) is 1. The average molecular weight is 286 g/mol. The van der Waals surface area contributed by atoms with Crippen molar-refractivity contribution in [1.29, 1.82) is 0 Å². The van der Waals surface area contributed by atoms with E-state index in [0.29, 0.717) is 31.8 Å². The zero-order valence-electron chi connectivity index (χ0n) is 10.4. The van der Waals surface area contributed by atoms with E-state index < -0.39 is 33.7 Å². The predicted octanol–water partition coefficient (Wildman–Crippen LogP) is 1.78. The van der Waals surface area contributed by atoms with Crippen molar-refractivity contribution < 1.29 is 23.2 Å². The third-order valence-corrected chi connectivity index (χ3v) is 2.97. The highest BCUT2D eigenvalue weighted by Crippen LogP contribution is 2.21. The van der Waals surface area contributed by atoms with Gasteiger partial charge < -0.3 is 10.1 Å². The number of halogens is 2. The van der Waals surface area contributed by atoms with Crippen LogP contribution in [0.1, 0.15) is 23.2 Å². The maximum Gasteiger partial charge on any atom is 0.307 e. The molecule has 0 radical (unpaired) electrons. The number of hydrogen-bond acceptors (Lipinski definition) is 4. The van der Waals surface area contributed by atoms with Crippen LogP contribution in [-0.4, -0.2) is 30.1 Å². The maximum atomic E-state index is 13.6. The fraction of sp³-hybridized carbons (Fsp3) is 0.417. The van der Waals surface area contributed by atoms with Crippen LogP contribution in [0.15, 0.2) is 12.1 Å².